The minimum Gasteiger partial charge on any atom is -0.496 e. The molecule has 2 aliphatic rings. The van der Waals surface area contributed by atoms with Crippen LogP contribution in [0.25, 0.3) is 0 Å². The maximum atomic E-state index is 12.6. The zero-order valence-corrected chi connectivity index (χ0v) is 13.6. The van der Waals surface area contributed by atoms with Crippen LogP contribution >= 0.6 is 0 Å². The Balaban J connectivity index is 1.93. The van der Waals surface area contributed by atoms with Gasteiger partial charge in [0, 0.05) is 23.3 Å². The van der Waals surface area contributed by atoms with E-state index in [1.165, 1.54) is 4.90 Å². The molecule has 0 aromatic heterocycles. The topological polar surface area (TPSA) is 55.8 Å². The maximum Gasteiger partial charge on any atom is 0.261 e. The van der Waals surface area contributed by atoms with Gasteiger partial charge in [0.2, 0.25) is 0 Å². The van der Waals surface area contributed by atoms with E-state index in [1.807, 2.05) is 13.0 Å². The molecular formula is C18H21NO4. The third-order valence-corrected chi connectivity index (χ3v) is 4.37. The molecule has 0 N–H and O–H groups in total. The third kappa shape index (κ3) is 2.77. The molecule has 1 aromatic carbocycles. The molecule has 1 aromatic rings. The van der Waals surface area contributed by atoms with Crippen molar-refractivity contribution in [2.75, 3.05) is 18.6 Å². The van der Waals surface area contributed by atoms with Crippen molar-refractivity contribution in [2.45, 2.75) is 39.2 Å². The number of carbonyl (C=O) groups is 2. The number of benzene rings is 1. The summed E-state index contributed by atoms with van der Waals surface area (Å²) in [6, 6.07) is 5.34. The highest BCUT2D eigenvalue weighted by Gasteiger charge is 2.39. The Morgan fingerprint density at radius 1 is 1.09 bits per heavy atom. The van der Waals surface area contributed by atoms with E-state index in [0.29, 0.717) is 48.6 Å². The summed E-state index contributed by atoms with van der Waals surface area (Å²) in [6.07, 6.45) is 3.37. The van der Waals surface area contributed by atoms with Gasteiger partial charge in [-0.15, -0.1) is 0 Å². The Kier molecular flexibility index (Phi) is 4.48. The van der Waals surface area contributed by atoms with E-state index < -0.39 is 0 Å². The van der Waals surface area contributed by atoms with Crippen molar-refractivity contribution >= 4 is 17.5 Å². The molecule has 122 valence electrons. The lowest BCUT2D eigenvalue weighted by Gasteiger charge is -2.18. The van der Waals surface area contributed by atoms with Crippen LogP contribution < -0.4 is 9.64 Å². The number of imide groups is 1. The van der Waals surface area contributed by atoms with Crippen LogP contribution in [-0.4, -0.2) is 25.5 Å². The normalized spacial score (nSPS) is 17.7. The standard InChI is InChI=1S/C18H21NO4/c1-3-23-11-12-10-13(8-9-16(12)22-2)19-17(20)14-6-4-5-7-15(14)18(19)21/h8-10H,3-7,11H2,1-2H3. The summed E-state index contributed by atoms with van der Waals surface area (Å²) in [5.41, 5.74) is 2.81. The molecule has 5 heteroatoms. The van der Waals surface area contributed by atoms with Crippen LogP contribution in [0.15, 0.2) is 29.3 Å². The van der Waals surface area contributed by atoms with E-state index >= 15 is 0 Å². The summed E-state index contributed by atoms with van der Waals surface area (Å²) in [4.78, 5) is 26.5. The monoisotopic (exact) mass is 315 g/mol. The van der Waals surface area contributed by atoms with Gasteiger partial charge >= 0.3 is 0 Å². The van der Waals surface area contributed by atoms with Crippen molar-refractivity contribution in [3.63, 3.8) is 0 Å². The third-order valence-electron chi connectivity index (χ3n) is 4.37. The van der Waals surface area contributed by atoms with E-state index in [4.69, 9.17) is 9.47 Å². The molecule has 0 saturated heterocycles. The van der Waals surface area contributed by atoms with E-state index in [0.717, 1.165) is 18.4 Å². The summed E-state index contributed by atoms with van der Waals surface area (Å²) in [5, 5.41) is 0. The zero-order chi connectivity index (χ0) is 16.4. The summed E-state index contributed by atoms with van der Waals surface area (Å²) in [5.74, 6) is 0.355. The molecule has 0 bridgehead atoms. The quantitative estimate of drug-likeness (QED) is 0.784. The maximum absolute atomic E-state index is 12.6. The molecule has 0 atom stereocenters. The van der Waals surface area contributed by atoms with E-state index in [1.54, 1.807) is 19.2 Å². The fourth-order valence-electron chi connectivity index (χ4n) is 3.20. The van der Waals surface area contributed by atoms with Crippen LogP contribution in [-0.2, 0) is 20.9 Å². The largest absolute Gasteiger partial charge is 0.496 e. The zero-order valence-electron chi connectivity index (χ0n) is 13.6. The Morgan fingerprint density at radius 3 is 2.30 bits per heavy atom. The predicted molar refractivity (Wildman–Crippen MR) is 86.3 cm³/mol. The minimum atomic E-state index is -0.169. The second-order valence-corrected chi connectivity index (χ2v) is 5.74. The van der Waals surface area contributed by atoms with Gasteiger partial charge in [0.05, 0.1) is 19.4 Å². The number of methoxy groups -OCH3 is 1. The molecular weight excluding hydrogens is 294 g/mol. The van der Waals surface area contributed by atoms with Gasteiger partial charge in [-0.3, -0.25) is 9.59 Å². The van der Waals surface area contributed by atoms with Crippen LogP contribution in [0.2, 0.25) is 0 Å². The molecule has 0 saturated carbocycles. The first kappa shape index (κ1) is 15.7. The van der Waals surface area contributed by atoms with Gasteiger partial charge in [-0.2, -0.15) is 0 Å². The molecule has 23 heavy (non-hydrogen) atoms. The van der Waals surface area contributed by atoms with Crippen molar-refractivity contribution in [3.8, 4) is 5.75 Å². The molecule has 5 nitrogen and oxygen atoms in total. The highest BCUT2D eigenvalue weighted by Crippen LogP contribution is 2.36. The Hall–Kier alpha value is -2.14. The van der Waals surface area contributed by atoms with Crippen LogP contribution in [0.5, 0.6) is 5.75 Å². The van der Waals surface area contributed by atoms with Crippen LogP contribution in [0.1, 0.15) is 38.2 Å². The van der Waals surface area contributed by atoms with Gasteiger partial charge < -0.3 is 9.47 Å². The predicted octanol–water partition coefficient (Wildman–Crippen LogP) is 2.98. The van der Waals surface area contributed by atoms with E-state index in [-0.39, 0.29) is 11.8 Å². The lowest BCUT2D eigenvalue weighted by Crippen LogP contribution is -2.31. The van der Waals surface area contributed by atoms with Gasteiger partial charge in [0.1, 0.15) is 5.75 Å². The minimum absolute atomic E-state index is 0.169. The first-order chi connectivity index (χ1) is 11.2. The SMILES string of the molecule is CCOCc1cc(N2C(=O)C3=C(CCCC3)C2=O)ccc1OC. The molecule has 0 unspecified atom stereocenters. The number of hydrogen-bond acceptors (Lipinski definition) is 4. The van der Waals surface area contributed by atoms with Crippen molar-refractivity contribution in [2.24, 2.45) is 0 Å². The second kappa shape index (κ2) is 6.54. The van der Waals surface area contributed by atoms with Gasteiger partial charge in [0.15, 0.2) is 0 Å². The number of carbonyl (C=O) groups excluding carboxylic acids is 2. The van der Waals surface area contributed by atoms with Crippen LogP contribution in [0, 0.1) is 0 Å². The Labute approximate surface area is 135 Å². The van der Waals surface area contributed by atoms with E-state index in [9.17, 15) is 9.59 Å². The lowest BCUT2D eigenvalue weighted by molar-refractivity contribution is -0.120. The second-order valence-electron chi connectivity index (χ2n) is 5.74. The van der Waals surface area contributed by atoms with Crippen molar-refractivity contribution < 1.29 is 19.1 Å². The fourth-order valence-corrected chi connectivity index (χ4v) is 3.20. The molecule has 1 heterocycles. The van der Waals surface area contributed by atoms with Crippen LogP contribution in [0.4, 0.5) is 5.69 Å². The summed E-state index contributed by atoms with van der Waals surface area (Å²) in [6.45, 7) is 2.89. The number of rotatable bonds is 5. The number of ether oxygens (including phenoxy) is 2. The van der Waals surface area contributed by atoms with Crippen molar-refractivity contribution in [1.29, 1.82) is 0 Å². The molecule has 2 amide bonds. The van der Waals surface area contributed by atoms with E-state index in [2.05, 4.69) is 0 Å². The van der Waals surface area contributed by atoms with Crippen molar-refractivity contribution in [3.05, 3.63) is 34.9 Å². The summed E-state index contributed by atoms with van der Waals surface area (Å²) < 4.78 is 10.8. The first-order valence-corrected chi connectivity index (χ1v) is 8.02. The highest BCUT2D eigenvalue weighted by molar-refractivity contribution is 6.33. The number of hydrogen-bond donors (Lipinski definition) is 0. The summed E-state index contributed by atoms with van der Waals surface area (Å²) in [7, 11) is 1.59. The Morgan fingerprint density at radius 2 is 1.74 bits per heavy atom. The highest BCUT2D eigenvalue weighted by atomic mass is 16.5. The first-order valence-electron chi connectivity index (χ1n) is 8.02. The molecule has 1 aliphatic heterocycles. The Bertz CT molecular complexity index is 650. The lowest BCUT2D eigenvalue weighted by atomic mass is 9.93. The van der Waals surface area contributed by atoms with Crippen LogP contribution in [0.3, 0.4) is 0 Å². The van der Waals surface area contributed by atoms with Gasteiger partial charge in [-0.05, 0) is 50.8 Å². The van der Waals surface area contributed by atoms with Gasteiger partial charge in [-0.1, -0.05) is 0 Å². The molecule has 0 spiro atoms. The van der Waals surface area contributed by atoms with Gasteiger partial charge in [-0.25, -0.2) is 4.90 Å². The smallest absolute Gasteiger partial charge is 0.261 e. The van der Waals surface area contributed by atoms with Crippen molar-refractivity contribution in [1.82, 2.24) is 0 Å². The number of anilines is 1. The molecule has 0 radical (unpaired) electrons. The average molecular weight is 315 g/mol. The summed E-state index contributed by atoms with van der Waals surface area (Å²) >= 11 is 0. The molecule has 3 rings (SSSR count). The molecule has 1 aliphatic carbocycles. The van der Waals surface area contributed by atoms with Gasteiger partial charge in [0.25, 0.3) is 11.8 Å². The molecule has 0 fully saturated rings. The number of nitrogens with zero attached hydrogens (tertiary/aromatic N) is 1. The fraction of sp³-hybridized carbons (Fsp3) is 0.444. The average Bonchev–Trinajstić information content (AvgIpc) is 2.84. The number of amides is 2.